The summed E-state index contributed by atoms with van der Waals surface area (Å²) in [6, 6.07) is 16.8. The molecule has 4 nitrogen and oxygen atoms in total. The van der Waals surface area contributed by atoms with E-state index in [0.717, 1.165) is 10.0 Å². The number of hydrogen-bond donors (Lipinski definition) is 1. The predicted octanol–water partition coefficient (Wildman–Crippen LogP) is 4.24. The molecule has 0 saturated heterocycles. The summed E-state index contributed by atoms with van der Waals surface area (Å²) in [6.45, 7) is 1.88. The van der Waals surface area contributed by atoms with Crippen LogP contribution in [0, 0.1) is 11.3 Å². The molecule has 0 unspecified atom stereocenters. The van der Waals surface area contributed by atoms with Crippen LogP contribution in [0.5, 0.6) is 5.75 Å². The van der Waals surface area contributed by atoms with Crippen molar-refractivity contribution in [3.8, 4) is 11.8 Å². The second kappa shape index (κ2) is 8.32. The average Bonchev–Trinajstić information content (AvgIpc) is 2.60. The molecule has 5 heteroatoms. The standard InChI is InChI=1S/C19H17BrN2O2/c1-13(14-6-4-3-5-7-14)22-19(23)16(12-21)10-15-11-17(20)8-9-18(15)24-2/h3-11,13H,1-2H3,(H,22,23)/b16-10+/t13-/m1/s1. The van der Waals surface area contributed by atoms with Gasteiger partial charge in [-0.15, -0.1) is 0 Å². The third-order valence-corrected chi connectivity index (χ3v) is 4.00. The lowest BCUT2D eigenvalue weighted by molar-refractivity contribution is -0.117. The summed E-state index contributed by atoms with van der Waals surface area (Å²) in [5.41, 5.74) is 1.66. The van der Waals surface area contributed by atoms with E-state index in [2.05, 4.69) is 21.2 Å². The molecule has 0 spiro atoms. The normalized spacial score (nSPS) is 12.2. The van der Waals surface area contributed by atoms with E-state index in [1.165, 1.54) is 6.08 Å². The molecule has 1 N–H and O–H groups in total. The number of hydrogen-bond acceptors (Lipinski definition) is 3. The fourth-order valence-electron chi connectivity index (χ4n) is 2.22. The summed E-state index contributed by atoms with van der Waals surface area (Å²) < 4.78 is 6.11. The Balaban J connectivity index is 2.23. The molecule has 0 aliphatic heterocycles. The second-order valence-corrected chi connectivity index (χ2v) is 6.08. The zero-order valence-corrected chi connectivity index (χ0v) is 15.0. The van der Waals surface area contributed by atoms with Gasteiger partial charge in [-0.2, -0.15) is 5.26 Å². The van der Waals surface area contributed by atoms with Gasteiger partial charge < -0.3 is 10.1 Å². The monoisotopic (exact) mass is 384 g/mol. The highest BCUT2D eigenvalue weighted by Gasteiger charge is 2.14. The Kier molecular flexibility index (Phi) is 6.16. The number of carbonyl (C=O) groups excluding carboxylic acids is 1. The maximum Gasteiger partial charge on any atom is 0.262 e. The van der Waals surface area contributed by atoms with Gasteiger partial charge in [0.1, 0.15) is 17.4 Å². The Morgan fingerprint density at radius 3 is 2.62 bits per heavy atom. The number of nitrogens with one attached hydrogen (secondary N) is 1. The molecule has 0 saturated carbocycles. The van der Waals surface area contributed by atoms with Gasteiger partial charge in [0.25, 0.3) is 5.91 Å². The molecule has 2 aromatic carbocycles. The Hall–Kier alpha value is -2.58. The number of amides is 1. The fraction of sp³-hybridized carbons (Fsp3) is 0.158. The van der Waals surface area contributed by atoms with Crippen LogP contribution in [0.2, 0.25) is 0 Å². The third kappa shape index (κ3) is 4.46. The van der Waals surface area contributed by atoms with Crippen LogP contribution < -0.4 is 10.1 Å². The lowest BCUT2D eigenvalue weighted by Gasteiger charge is -2.14. The Bertz CT molecular complexity index is 795. The molecule has 0 aromatic heterocycles. The topological polar surface area (TPSA) is 62.1 Å². The third-order valence-electron chi connectivity index (χ3n) is 3.50. The molecule has 0 fully saturated rings. The van der Waals surface area contributed by atoms with Gasteiger partial charge in [0, 0.05) is 10.0 Å². The molecule has 122 valence electrons. The van der Waals surface area contributed by atoms with Gasteiger partial charge >= 0.3 is 0 Å². The quantitative estimate of drug-likeness (QED) is 0.619. The minimum Gasteiger partial charge on any atom is -0.496 e. The average molecular weight is 385 g/mol. The van der Waals surface area contributed by atoms with Gasteiger partial charge in [0.2, 0.25) is 0 Å². The molecule has 0 bridgehead atoms. The molecule has 24 heavy (non-hydrogen) atoms. The Morgan fingerprint density at radius 2 is 2.00 bits per heavy atom. The molecule has 2 rings (SSSR count). The van der Waals surface area contributed by atoms with Crippen molar-refractivity contribution in [3.63, 3.8) is 0 Å². The van der Waals surface area contributed by atoms with Crippen LogP contribution in [-0.2, 0) is 4.79 Å². The minimum atomic E-state index is -0.420. The molecule has 1 atom stereocenters. The van der Waals surface area contributed by atoms with Crippen molar-refractivity contribution in [2.45, 2.75) is 13.0 Å². The van der Waals surface area contributed by atoms with E-state index in [4.69, 9.17) is 4.74 Å². The molecule has 1 amide bonds. The van der Waals surface area contributed by atoms with Gasteiger partial charge in [-0.25, -0.2) is 0 Å². The number of methoxy groups -OCH3 is 1. The maximum atomic E-state index is 12.4. The van der Waals surface area contributed by atoms with Crippen molar-refractivity contribution in [1.29, 1.82) is 5.26 Å². The zero-order chi connectivity index (χ0) is 17.5. The number of carbonyl (C=O) groups is 1. The first-order valence-electron chi connectivity index (χ1n) is 7.36. The molecule has 0 heterocycles. The number of rotatable bonds is 5. The largest absolute Gasteiger partial charge is 0.496 e. The van der Waals surface area contributed by atoms with Gasteiger partial charge in [-0.1, -0.05) is 46.3 Å². The van der Waals surface area contributed by atoms with Crippen LogP contribution in [0.1, 0.15) is 24.1 Å². The highest BCUT2D eigenvalue weighted by atomic mass is 79.9. The van der Waals surface area contributed by atoms with Crippen molar-refractivity contribution in [2.24, 2.45) is 0 Å². The van der Waals surface area contributed by atoms with Gasteiger partial charge in [-0.3, -0.25) is 4.79 Å². The number of benzene rings is 2. The van der Waals surface area contributed by atoms with Crippen LogP contribution in [0.25, 0.3) is 6.08 Å². The van der Waals surface area contributed by atoms with E-state index in [1.807, 2.05) is 49.4 Å². The molecule has 0 aliphatic rings. The van der Waals surface area contributed by atoms with Gasteiger partial charge in [-0.05, 0) is 36.8 Å². The summed E-state index contributed by atoms with van der Waals surface area (Å²) in [7, 11) is 1.55. The number of halogens is 1. The van der Waals surface area contributed by atoms with Crippen LogP contribution in [0.4, 0.5) is 0 Å². The summed E-state index contributed by atoms with van der Waals surface area (Å²) in [4.78, 5) is 12.4. The molecular formula is C19H17BrN2O2. The van der Waals surface area contributed by atoms with Gasteiger partial charge in [0.15, 0.2) is 0 Å². The smallest absolute Gasteiger partial charge is 0.262 e. The van der Waals surface area contributed by atoms with Crippen LogP contribution in [0.3, 0.4) is 0 Å². The first-order valence-corrected chi connectivity index (χ1v) is 8.15. The summed E-state index contributed by atoms with van der Waals surface area (Å²) in [5.74, 6) is 0.172. The molecule has 0 aliphatic carbocycles. The highest BCUT2D eigenvalue weighted by molar-refractivity contribution is 9.10. The highest BCUT2D eigenvalue weighted by Crippen LogP contribution is 2.25. The summed E-state index contributed by atoms with van der Waals surface area (Å²) >= 11 is 3.38. The molecule has 0 radical (unpaired) electrons. The lowest BCUT2D eigenvalue weighted by Crippen LogP contribution is -2.27. The number of nitrogens with zero attached hydrogens (tertiary/aromatic N) is 1. The molecular weight excluding hydrogens is 368 g/mol. The van der Waals surface area contributed by atoms with E-state index >= 15 is 0 Å². The van der Waals surface area contributed by atoms with E-state index in [1.54, 1.807) is 19.2 Å². The Labute approximate surface area is 149 Å². The van der Waals surface area contributed by atoms with Crippen molar-refractivity contribution < 1.29 is 9.53 Å². The predicted molar refractivity (Wildman–Crippen MR) is 97.3 cm³/mol. The van der Waals surface area contributed by atoms with E-state index in [9.17, 15) is 10.1 Å². The SMILES string of the molecule is COc1ccc(Br)cc1/C=C(\C#N)C(=O)N[C@H](C)c1ccccc1. The van der Waals surface area contributed by atoms with Crippen molar-refractivity contribution in [2.75, 3.05) is 7.11 Å². The number of ether oxygens (including phenoxy) is 1. The summed E-state index contributed by atoms with van der Waals surface area (Å²) in [5, 5.41) is 12.2. The van der Waals surface area contributed by atoms with Crippen molar-refractivity contribution in [3.05, 3.63) is 69.7 Å². The maximum absolute atomic E-state index is 12.4. The molecule has 2 aromatic rings. The zero-order valence-electron chi connectivity index (χ0n) is 13.4. The Morgan fingerprint density at radius 1 is 1.29 bits per heavy atom. The lowest BCUT2D eigenvalue weighted by atomic mass is 10.1. The second-order valence-electron chi connectivity index (χ2n) is 5.16. The van der Waals surface area contributed by atoms with Gasteiger partial charge in [0.05, 0.1) is 13.2 Å². The van der Waals surface area contributed by atoms with E-state index < -0.39 is 5.91 Å². The van der Waals surface area contributed by atoms with Crippen LogP contribution in [0.15, 0.2) is 58.6 Å². The van der Waals surface area contributed by atoms with E-state index in [-0.39, 0.29) is 11.6 Å². The summed E-state index contributed by atoms with van der Waals surface area (Å²) in [6.07, 6.45) is 1.52. The fourth-order valence-corrected chi connectivity index (χ4v) is 2.60. The minimum absolute atomic E-state index is 0.0224. The number of nitriles is 1. The van der Waals surface area contributed by atoms with Crippen molar-refractivity contribution in [1.82, 2.24) is 5.32 Å². The van der Waals surface area contributed by atoms with Crippen LogP contribution in [-0.4, -0.2) is 13.0 Å². The first-order chi connectivity index (χ1) is 11.5. The van der Waals surface area contributed by atoms with Crippen molar-refractivity contribution >= 4 is 27.9 Å². The first kappa shape index (κ1) is 17.8. The van der Waals surface area contributed by atoms with E-state index in [0.29, 0.717) is 11.3 Å². The van der Waals surface area contributed by atoms with Crippen LogP contribution >= 0.6 is 15.9 Å².